The molecule has 0 radical (unpaired) electrons. The summed E-state index contributed by atoms with van der Waals surface area (Å²) < 4.78 is 50.7. The van der Waals surface area contributed by atoms with E-state index in [2.05, 4.69) is 27.7 Å². The molecule has 0 rings (SSSR count). The van der Waals surface area contributed by atoms with Gasteiger partial charge in [0, 0.05) is 0 Å². The third kappa shape index (κ3) is 44.9. The molecule has 0 N–H and O–H groups in total. The van der Waals surface area contributed by atoms with Crippen LogP contribution in [0, 0.1) is 0 Å². The van der Waals surface area contributed by atoms with Gasteiger partial charge in [-0.15, -0.1) is 0 Å². The molecule has 0 fully saturated rings. The Morgan fingerprint density at radius 1 is 0.364 bits per heavy atom. The van der Waals surface area contributed by atoms with E-state index in [0.717, 1.165) is 97.5 Å². The fourth-order valence-corrected chi connectivity index (χ4v) is 5.87. The van der Waals surface area contributed by atoms with Crippen LogP contribution >= 0.6 is 15.6 Å². The van der Waals surface area contributed by atoms with E-state index in [0.29, 0.717) is 0 Å². The van der Waals surface area contributed by atoms with Gasteiger partial charge in [0.2, 0.25) is 0 Å². The maximum absolute atomic E-state index is 11.5. The third-order valence-electron chi connectivity index (χ3n) is 6.99. The van der Waals surface area contributed by atoms with E-state index in [1.54, 1.807) is 0 Å². The van der Waals surface area contributed by atoms with Gasteiger partial charge in [-0.2, -0.15) is 0 Å². The summed E-state index contributed by atoms with van der Waals surface area (Å²) in [6.07, 6.45) is 26.6. The first-order valence-corrected chi connectivity index (χ1v) is 21.2. The van der Waals surface area contributed by atoms with E-state index in [4.69, 9.17) is 21.4 Å². The summed E-state index contributed by atoms with van der Waals surface area (Å²) >= 11 is 0.750. The van der Waals surface area contributed by atoms with Crippen LogP contribution in [0.15, 0.2) is 0 Å². The second-order valence-corrected chi connectivity index (χ2v) is 14.1. The molecule has 0 aliphatic carbocycles. The first kappa shape index (κ1) is 49.1. The molecular formula is C32H68O9P2Ti. The molecule has 0 aromatic rings. The van der Waals surface area contributed by atoms with Crippen molar-refractivity contribution in [3.05, 3.63) is 0 Å². The molecule has 9 nitrogen and oxygen atoms in total. The van der Waals surface area contributed by atoms with E-state index < -0.39 is 15.6 Å². The normalized spacial score (nSPS) is 11.5. The Labute approximate surface area is 283 Å². The first-order valence-electron chi connectivity index (χ1n) is 17.6. The van der Waals surface area contributed by atoms with Crippen LogP contribution in [0.25, 0.3) is 0 Å². The topological polar surface area (TPSA) is 134 Å². The Morgan fingerprint density at radius 2 is 0.523 bits per heavy atom. The predicted octanol–water partition coefficient (Wildman–Crippen LogP) is 10.3. The Balaban J connectivity index is -0.000000723. The zero-order valence-corrected chi connectivity index (χ0v) is 32.2. The predicted molar refractivity (Wildman–Crippen MR) is 173 cm³/mol. The third-order valence-corrected chi connectivity index (χ3v) is 8.98. The number of hydrogen-bond donors (Lipinski definition) is 0. The first-order chi connectivity index (χ1) is 21.2. The van der Waals surface area contributed by atoms with Gasteiger partial charge in [-0.05, 0) is 25.7 Å². The van der Waals surface area contributed by atoms with Crippen LogP contribution in [0.1, 0.15) is 182 Å². The zero-order chi connectivity index (χ0) is 33.6. The summed E-state index contributed by atoms with van der Waals surface area (Å²) in [6.45, 7) is 9.73. The Bertz CT molecular complexity index is 549. The van der Waals surface area contributed by atoms with Crippen LogP contribution in [0.5, 0.6) is 0 Å². The van der Waals surface area contributed by atoms with Crippen molar-refractivity contribution in [2.24, 2.45) is 0 Å². The SMILES string of the molecule is CCCCCCCCOP(=O)([O-])OCCCCCCCC.CCCCCCCCOP(=O)([O-])OCCCCCCCC.[O]=[Ti+2]. The van der Waals surface area contributed by atoms with E-state index in [1.807, 2.05) is 0 Å². The van der Waals surface area contributed by atoms with Gasteiger partial charge in [0.15, 0.2) is 0 Å². The molecular weight excluding hydrogens is 638 g/mol. The monoisotopic (exact) mass is 706 g/mol. The minimum atomic E-state index is -4.07. The van der Waals surface area contributed by atoms with Crippen molar-refractivity contribution in [2.45, 2.75) is 182 Å². The van der Waals surface area contributed by atoms with Crippen LogP contribution in [-0.2, 0) is 51.0 Å². The van der Waals surface area contributed by atoms with Gasteiger partial charge in [-0.25, -0.2) is 0 Å². The van der Waals surface area contributed by atoms with Crippen molar-refractivity contribution in [2.75, 3.05) is 26.4 Å². The van der Waals surface area contributed by atoms with Gasteiger partial charge in [0.1, 0.15) is 0 Å². The van der Waals surface area contributed by atoms with E-state index >= 15 is 0 Å². The second-order valence-electron chi connectivity index (χ2n) is 11.3. The molecule has 0 amide bonds. The van der Waals surface area contributed by atoms with Gasteiger partial charge < -0.3 is 27.9 Å². The van der Waals surface area contributed by atoms with Crippen molar-refractivity contribution < 1.29 is 60.7 Å². The maximum atomic E-state index is 11.5. The number of hydrogen-bond acceptors (Lipinski definition) is 9. The van der Waals surface area contributed by atoms with Crippen molar-refractivity contribution in [3.8, 4) is 0 Å². The second kappa shape index (κ2) is 39.9. The Hall–Kier alpha value is 0.734. The number of phosphoric ester groups is 2. The van der Waals surface area contributed by atoms with Crippen LogP contribution < -0.4 is 9.79 Å². The standard InChI is InChI=1S/2C16H35O4P.O.Ti/c2*1-3-5-7-9-11-13-15-19-21(17,18)20-16-14-12-10-8-6-4-2;;/h2*3-16H2,1-2H3,(H,17,18);;/q;;;+2/p-2. The van der Waals surface area contributed by atoms with Crippen LogP contribution in [0.4, 0.5) is 0 Å². The van der Waals surface area contributed by atoms with Crippen LogP contribution in [-0.4, -0.2) is 26.4 Å². The molecule has 44 heavy (non-hydrogen) atoms. The molecule has 264 valence electrons. The van der Waals surface area contributed by atoms with E-state index in [1.165, 1.54) is 77.0 Å². The molecule has 0 saturated carbocycles. The summed E-state index contributed by atoms with van der Waals surface area (Å²) in [4.78, 5) is 23.0. The van der Waals surface area contributed by atoms with E-state index in [9.17, 15) is 18.9 Å². The molecule has 12 heteroatoms. The average molecular weight is 707 g/mol. The number of phosphoric acid groups is 2. The summed E-state index contributed by atoms with van der Waals surface area (Å²) in [5, 5.41) is 0. The van der Waals surface area contributed by atoms with Crippen molar-refractivity contribution in [1.82, 2.24) is 0 Å². The van der Waals surface area contributed by atoms with Crippen LogP contribution in [0.2, 0.25) is 0 Å². The summed E-state index contributed by atoms with van der Waals surface area (Å²) in [7, 11) is -8.13. The number of unbranched alkanes of at least 4 members (excludes halogenated alkanes) is 20. The summed E-state index contributed by atoms with van der Waals surface area (Å²) in [5.74, 6) is 0. The molecule has 0 atom stereocenters. The van der Waals surface area contributed by atoms with Crippen molar-refractivity contribution in [3.63, 3.8) is 0 Å². The number of rotatable bonds is 32. The van der Waals surface area contributed by atoms with Gasteiger partial charge in [0.25, 0.3) is 15.6 Å². The Morgan fingerprint density at radius 3 is 0.705 bits per heavy atom. The van der Waals surface area contributed by atoms with Gasteiger partial charge in [0.05, 0.1) is 26.4 Å². The summed E-state index contributed by atoms with van der Waals surface area (Å²) in [5.41, 5.74) is 0. The van der Waals surface area contributed by atoms with E-state index in [-0.39, 0.29) is 26.4 Å². The molecule has 0 heterocycles. The fraction of sp³-hybridized carbons (Fsp3) is 1.00. The molecule has 0 unspecified atom stereocenters. The average Bonchev–Trinajstić information content (AvgIpc) is 3.00. The Kier molecular flexibility index (Phi) is 44.6. The molecule has 0 aromatic heterocycles. The molecule has 0 aliphatic rings. The van der Waals surface area contributed by atoms with Crippen molar-refractivity contribution in [1.29, 1.82) is 0 Å². The van der Waals surface area contributed by atoms with Crippen molar-refractivity contribution >= 4 is 15.6 Å². The zero-order valence-electron chi connectivity index (χ0n) is 28.9. The quantitative estimate of drug-likeness (QED) is 0.0380. The molecule has 0 aliphatic heterocycles. The van der Waals surface area contributed by atoms with Gasteiger partial charge >= 0.3 is 23.7 Å². The molecule has 0 spiro atoms. The fourth-order valence-electron chi connectivity index (χ4n) is 4.31. The summed E-state index contributed by atoms with van der Waals surface area (Å²) in [6, 6.07) is 0. The molecule has 0 bridgehead atoms. The van der Waals surface area contributed by atoms with Gasteiger partial charge in [-0.1, -0.05) is 156 Å². The van der Waals surface area contributed by atoms with Gasteiger partial charge in [-0.3, -0.25) is 9.13 Å². The molecule has 0 aromatic carbocycles. The van der Waals surface area contributed by atoms with Crippen LogP contribution in [0.3, 0.4) is 0 Å². The minimum absolute atomic E-state index is 0.253. The molecule has 0 saturated heterocycles.